The predicted molar refractivity (Wildman–Crippen MR) is 71.8 cm³/mol. The van der Waals surface area contributed by atoms with Crippen molar-refractivity contribution in [1.29, 1.82) is 0 Å². The number of methoxy groups -OCH3 is 1. The van der Waals surface area contributed by atoms with E-state index in [2.05, 4.69) is 21.0 Å². The summed E-state index contributed by atoms with van der Waals surface area (Å²) in [6.45, 7) is 3.70. The van der Waals surface area contributed by atoms with Gasteiger partial charge in [-0.25, -0.2) is 4.79 Å². The highest BCUT2D eigenvalue weighted by Crippen LogP contribution is 2.27. The van der Waals surface area contributed by atoms with Gasteiger partial charge in [-0.05, 0) is 31.0 Å². The molecule has 0 aliphatic carbocycles. The van der Waals surface area contributed by atoms with Crippen LogP contribution in [0.3, 0.4) is 0 Å². The van der Waals surface area contributed by atoms with Crippen LogP contribution in [0.5, 0.6) is 0 Å². The molecule has 1 atom stereocenters. The van der Waals surface area contributed by atoms with Crippen LogP contribution in [0.2, 0.25) is 0 Å². The lowest BCUT2D eigenvalue weighted by molar-refractivity contribution is 0.167. The molecule has 1 aliphatic heterocycles. The van der Waals surface area contributed by atoms with Gasteiger partial charge in [0.1, 0.15) is 0 Å². The van der Waals surface area contributed by atoms with Crippen molar-refractivity contribution in [2.24, 2.45) is 0 Å². The normalized spacial score (nSPS) is 18.8. The maximum atomic E-state index is 11.2. The van der Waals surface area contributed by atoms with E-state index in [0.717, 1.165) is 30.9 Å². The molecule has 2 rings (SSSR count). The number of hydrogen-bond acceptors (Lipinski definition) is 4. The Balaban J connectivity index is 2.04. The van der Waals surface area contributed by atoms with E-state index in [1.807, 2.05) is 19.1 Å². The monoisotopic (exact) mass is 249 g/mol. The second-order valence-corrected chi connectivity index (χ2v) is 4.63. The molecule has 1 aromatic carbocycles. The minimum absolute atomic E-state index is 0.123. The number of alkyl carbamates (subject to hydrolysis) is 1. The van der Waals surface area contributed by atoms with Gasteiger partial charge in [0.25, 0.3) is 0 Å². The molecule has 1 aliphatic rings. The van der Waals surface area contributed by atoms with E-state index < -0.39 is 0 Å². The first-order valence-electron chi connectivity index (χ1n) is 6.05. The van der Waals surface area contributed by atoms with Crippen LogP contribution >= 0.6 is 0 Å². The van der Waals surface area contributed by atoms with Crippen molar-refractivity contribution in [2.75, 3.05) is 30.8 Å². The van der Waals surface area contributed by atoms with E-state index in [1.54, 1.807) is 0 Å². The van der Waals surface area contributed by atoms with Crippen LogP contribution in [0.15, 0.2) is 18.2 Å². The van der Waals surface area contributed by atoms with E-state index >= 15 is 0 Å². The van der Waals surface area contributed by atoms with Crippen LogP contribution in [0.25, 0.3) is 0 Å². The number of rotatable bonds is 2. The molecule has 0 radical (unpaired) electrons. The number of anilines is 2. The Kier molecular flexibility index (Phi) is 3.60. The van der Waals surface area contributed by atoms with Gasteiger partial charge in [-0.15, -0.1) is 0 Å². The summed E-state index contributed by atoms with van der Waals surface area (Å²) in [5.41, 5.74) is 8.99. The first kappa shape index (κ1) is 12.5. The third kappa shape index (κ3) is 2.67. The Morgan fingerprint density at radius 2 is 2.33 bits per heavy atom. The number of carbonyl (C=O) groups is 1. The number of nitrogens with zero attached hydrogens (tertiary/aromatic N) is 1. The summed E-state index contributed by atoms with van der Waals surface area (Å²) >= 11 is 0. The number of nitrogens with two attached hydrogens (primary N) is 1. The summed E-state index contributed by atoms with van der Waals surface area (Å²) in [6, 6.07) is 6.12. The maximum Gasteiger partial charge on any atom is 0.407 e. The van der Waals surface area contributed by atoms with Gasteiger partial charge in [0.05, 0.1) is 24.5 Å². The molecule has 1 unspecified atom stereocenters. The highest BCUT2D eigenvalue weighted by molar-refractivity contribution is 5.70. The van der Waals surface area contributed by atoms with E-state index in [9.17, 15) is 4.79 Å². The van der Waals surface area contributed by atoms with Gasteiger partial charge < -0.3 is 20.7 Å². The Bertz CT molecular complexity index is 448. The Morgan fingerprint density at radius 1 is 1.56 bits per heavy atom. The number of carbonyl (C=O) groups excluding carboxylic acids is 1. The molecule has 0 saturated carbocycles. The SMILES string of the molecule is COC(=O)NC1CCN(c2cc(C)ccc2N)C1. The Morgan fingerprint density at radius 3 is 3.06 bits per heavy atom. The van der Waals surface area contributed by atoms with Gasteiger partial charge in [-0.3, -0.25) is 0 Å². The Hall–Kier alpha value is -1.91. The first-order chi connectivity index (χ1) is 8.60. The average molecular weight is 249 g/mol. The van der Waals surface area contributed by atoms with Crippen molar-refractivity contribution in [3.8, 4) is 0 Å². The maximum absolute atomic E-state index is 11.2. The molecule has 3 N–H and O–H groups in total. The fourth-order valence-corrected chi connectivity index (χ4v) is 2.25. The number of hydrogen-bond donors (Lipinski definition) is 2. The smallest absolute Gasteiger partial charge is 0.407 e. The highest BCUT2D eigenvalue weighted by Gasteiger charge is 2.25. The van der Waals surface area contributed by atoms with Gasteiger partial charge in [0.2, 0.25) is 0 Å². The van der Waals surface area contributed by atoms with Crippen molar-refractivity contribution >= 4 is 17.5 Å². The number of benzene rings is 1. The molecule has 0 spiro atoms. The summed E-state index contributed by atoms with van der Waals surface area (Å²) in [4.78, 5) is 13.4. The van der Waals surface area contributed by atoms with Crippen LogP contribution in [-0.2, 0) is 4.74 Å². The molecule has 0 aromatic heterocycles. The molecule has 0 bridgehead atoms. The fourth-order valence-electron chi connectivity index (χ4n) is 2.25. The molecule has 1 fully saturated rings. The number of nitrogens with one attached hydrogen (secondary N) is 1. The first-order valence-corrected chi connectivity index (χ1v) is 6.05. The Labute approximate surface area is 107 Å². The van der Waals surface area contributed by atoms with Crippen LogP contribution < -0.4 is 16.0 Å². The van der Waals surface area contributed by atoms with Crippen LogP contribution in [0, 0.1) is 6.92 Å². The third-order valence-corrected chi connectivity index (χ3v) is 3.22. The topological polar surface area (TPSA) is 67.6 Å². The van der Waals surface area contributed by atoms with Crippen molar-refractivity contribution in [1.82, 2.24) is 5.32 Å². The molecule has 1 heterocycles. The number of amides is 1. The van der Waals surface area contributed by atoms with Gasteiger partial charge in [0, 0.05) is 13.1 Å². The molecule has 5 heteroatoms. The van der Waals surface area contributed by atoms with Crippen LogP contribution in [-0.4, -0.2) is 32.3 Å². The second kappa shape index (κ2) is 5.16. The van der Waals surface area contributed by atoms with Crippen LogP contribution in [0.4, 0.5) is 16.2 Å². The van der Waals surface area contributed by atoms with Gasteiger partial charge in [0.15, 0.2) is 0 Å². The zero-order chi connectivity index (χ0) is 13.1. The van der Waals surface area contributed by atoms with Crippen molar-refractivity contribution < 1.29 is 9.53 Å². The minimum Gasteiger partial charge on any atom is -0.453 e. The lowest BCUT2D eigenvalue weighted by atomic mass is 10.2. The van der Waals surface area contributed by atoms with E-state index in [4.69, 9.17) is 5.73 Å². The molecule has 98 valence electrons. The lowest BCUT2D eigenvalue weighted by Gasteiger charge is -2.21. The molecule has 5 nitrogen and oxygen atoms in total. The second-order valence-electron chi connectivity index (χ2n) is 4.63. The largest absolute Gasteiger partial charge is 0.453 e. The molecule has 1 saturated heterocycles. The zero-order valence-electron chi connectivity index (χ0n) is 10.8. The van der Waals surface area contributed by atoms with Gasteiger partial charge >= 0.3 is 6.09 Å². The summed E-state index contributed by atoms with van der Waals surface area (Å²) in [5.74, 6) is 0. The van der Waals surface area contributed by atoms with E-state index in [0.29, 0.717) is 0 Å². The van der Waals surface area contributed by atoms with Crippen molar-refractivity contribution in [3.63, 3.8) is 0 Å². The van der Waals surface area contributed by atoms with Crippen molar-refractivity contribution in [2.45, 2.75) is 19.4 Å². The summed E-state index contributed by atoms with van der Waals surface area (Å²) in [7, 11) is 1.38. The molecule has 18 heavy (non-hydrogen) atoms. The third-order valence-electron chi connectivity index (χ3n) is 3.22. The van der Waals surface area contributed by atoms with E-state index in [1.165, 1.54) is 12.7 Å². The van der Waals surface area contributed by atoms with Crippen molar-refractivity contribution in [3.05, 3.63) is 23.8 Å². The zero-order valence-corrected chi connectivity index (χ0v) is 10.8. The molecular weight excluding hydrogens is 230 g/mol. The molecular formula is C13H19N3O2. The molecule has 1 amide bonds. The number of ether oxygens (including phenoxy) is 1. The highest BCUT2D eigenvalue weighted by atomic mass is 16.5. The summed E-state index contributed by atoms with van der Waals surface area (Å²) < 4.78 is 4.60. The van der Waals surface area contributed by atoms with Gasteiger partial charge in [-0.1, -0.05) is 6.07 Å². The standard InChI is InChI=1S/C13H19N3O2/c1-9-3-4-11(14)12(7-9)16-6-5-10(8-16)15-13(17)18-2/h3-4,7,10H,5-6,8,14H2,1-2H3,(H,15,17). The number of aryl methyl sites for hydroxylation is 1. The van der Waals surface area contributed by atoms with Crippen LogP contribution in [0.1, 0.15) is 12.0 Å². The lowest BCUT2D eigenvalue weighted by Crippen LogP contribution is -2.37. The average Bonchev–Trinajstić information content (AvgIpc) is 2.80. The van der Waals surface area contributed by atoms with Gasteiger partial charge in [-0.2, -0.15) is 0 Å². The quantitative estimate of drug-likeness (QED) is 0.780. The summed E-state index contributed by atoms with van der Waals surface area (Å²) in [5, 5.41) is 2.82. The minimum atomic E-state index is -0.376. The summed E-state index contributed by atoms with van der Waals surface area (Å²) in [6.07, 6.45) is 0.529. The van der Waals surface area contributed by atoms with E-state index in [-0.39, 0.29) is 12.1 Å². The number of nitrogen functional groups attached to an aromatic ring is 1. The molecule has 1 aromatic rings. The predicted octanol–water partition coefficient (Wildman–Crippen LogP) is 1.51. The fraction of sp³-hybridized carbons (Fsp3) is 0.462.